The summed E-state index contributed by atoms with van der Waals surface area (Å²) in [5.74, 6) is -0.560. The molecule has 0 spiro atoms. The quantitative estimate of drug-likeness (QED) is 0.807. The van der Waals surface area contributed by atoms with Crippen LogP contribution in [0.1, 0.15) is 38.5 Å². The van der Waals surface area contributed by atoms with Gasteiger partial charge in [-0.2, -0.15) is 13.2 Å². The lowest BCUT2D eigenvalue weighted by Crippen LogP contribution is -2.45. The molecular weight excluding hydrogens is 271 g/mol. The largest absolute Gasteiger partial charge is 0.391 e. The van der Waals surface area contributed by atoms with E-state index in [1.165, 1.54) is 0 Å². The minimum Gasteiger partial charge on any atom is -0.391 e. The van der Waals surface area contributed by atoms with E-state index in [9.17, 15) is 26.7 Å². The number of hydrogen-bond acceptors (Lipinski definition) is 3. The number of aliphatic hydroxyl groups excluding tert-OH is 1. The Morgan fingerprint density at radius 3 is 2.39 bits per heavy atom. The lowest BCUT2D eigenvalue weighted by Gasteiger charge is -2.28. The smallest absolute Gasteiger partial charge is 0.389 e. The second-order valence-corrected chi connectivity index (χ2v) is 6.49. The zero-order chi connectivity index (χ0) is 13.8. The number of nitrogens with one attached hydrogen (secondary N) is 1. The van der Waals surface area contributed by atoms with Crippen LogP contribution in [0.4, 0.5) is 13.2 Å². The van der Waals surface area contributed by atoms with Crippen molar-refractivity contribution < 1.29 is 26.7 Å². The highest BCUT2D eigenvalue weighted by Crippen LogP contribution is 2.22. The van der Waals surface area contributed by atoms with Crippen molar-refractivity contribution in [2.24, 2.45) is 0 Å². The number of rotatable bonds is 5. The van der Waals surface area contributed by atoms with Crippen molar-refractivity contribution in [3.8, 4) is 0 Å². The van der Waals surface area contributed by atoms with E-state index >= 15 is 0 Å². The monoisotopic (exact) mass is 289 g/mol. The van der Waals surface area contributed by atoms with E-state index < -0.39 is 46.9 Å². The van der Waals surface area contributed by atoms with E-state index in [-0.39, 0.29) is 0 Å². The SMILES string of the molecule is O=S(=O)(CCCC(F)(F)F)N[C@H]1CCCC[C@@H]1O. The third kappa shape index (κ3) is 6.01. The van der Waals surface area contributed by atoms with Gasteiger partial charge in [0.2, 0.25) is 10.0 Å². The first-order chi connectivity index (χ1) is 8.20. The summed E-state index contributed by atoms with van der Waals surface area (Å²) in [5.41, 5.74) is 0. The van der Waals surface area contributed by atoms with Crippen molar-refractivity contribution in [2.45, 2.75) is 56.8 Å². The fourth-order valence-electron chi connectivity index (χ4n) is 2.00. The molecule has 1 rings (SSSR count). The molecule has 0 radical (unpaired) electrons. The molecule has 2 atom stereocenters. The summed E-state index contributed by atoms with van der Waals surface area (Å²) in [7, 11) is -3.75. The van der Waals surface area contributed by atoms with Gasteiger partial charge < -0.3 is 5.11 Å². The van der Waals surface area contributed by atoms with Crippen molar-refractivity contribution in [3.63, 3.8) is 0 Å². The lowest BCUT2D eigenvalue weighted by molar-refractivity contribution is -0.134. The molecule has 108 valence electrons. The normalized spacial score (nSPS) is 26.2. The molecule has 0 aromatic heterocycles. The number of hydrogen-bond donors (Lipinski definition) is 2. The zero-order valence-electron chi connectivity index (χ0n) is 9.91. The predicted octanol–water partition coefficient (Wildman–Crippen LogP) is 1.55. The van der Waals surface area contributed by atoms with E-state index in [1.54, 1.807) is 0 Å². The molecule has 4 nitrogen and oxygen atoms in total. The molecule has 0 heterocycles. The number of sulfonamides is 1. The molecule has 1 fully saturated rings. The van der Waals surface area contributed by atoms with Crippen LogP contribution in [0.15, 0.2) is 0 Å². The molecule has 0 unspecified atom stereocenters. The average molecular weight is 289 g/mol. The molecule has 8 heteroatoms. The minimum absolute atomic E-state index is 0.457. The van der Waals surface area contributed by atoms with Gasteiger partial charge in [-0.05, 0) is 19.3 Å². The minimum atomic E-state index is -4.33. The molecule has 1 aliphatic rings. The van der Waals surface area contributed by atoms with Gasteiger partial charge in [-0.25, -0.2) is 13.1 Å². The fraction of sp³-hybridized carbons (Fsp3) is 1.00. The second-order valence-electron chi connectivity index (χ2n) is 4.61. The Kier molecular flexibility index (Phi) is 5.42. The lowest BCUT2D eigenvalue weighted by atomic mass is 9.93. The van der Waals surface area contributed by atoms with Crippen LogP contribution in [0.5, 0.6) is 0 Å². The highest BCUT2D eigenvalue weighted by Gasteiger charge is 2.30. The van der Waals surface area contributed by atoms with E-state index in [0.29, 0.717) is 12.8 Å². The van der Waals surface area contributed by atoms with Crippen LogP contribution >= 0.6 is 0 Å². The van der Waals surface area contributed by atoms with Crippen LogP contribution in [0.25, 0.3) is 0 Å². The Bertz CT molecular complexity index is 356. The molecule has 0 amide bonds. The Labute approximate surface area is 105 Å². The van der Waals surface area contributed by atoms with Gasteiger partial charge in [0.1, 0.15) is 0 Å². The summed E-state index contributed by atoms with van der Waals surface area (Å²) in [6.45, 7) is 0. The molecule has 0 aliphatic heterocycles. The predicted molar refractivity (Wildman–Crippen MR) is 60.5 cm³/mol. The van der Waals surface area contributed by atoms with Crippen molar-refractivity contribution >= 4 is 10.0 Å². The summed E-state index contributed by atoms with van der Waals surface area (Å²) in [6.07, 6.45) is -3.94. The summed E-state index contributed by atoms with van der Waals surface area (Å²) < 4.78 is 61.1. The number of halogens is 3. The summed E-state index contributed by atoms with van der Waals surface area (Å²) in [5, 5.41) is 9.58. The van der Waals surface area contributed by atoms with E-state index in [2.05, 4.69) is 4.72 Å². The molecule has 0 bridgehead atoms. The van der Waals surface area contributed by atoms with Gasteiger partial charge in [-0.3, -0.25) is 0 Å². The topological polar surface area (TPSA) is 66.4 Å². The zero-order valence-corrected chi connectivity index (χ0v) is 10.7. The average Bonchev–Trinajstić information content (AvgIpc) is 2.18. The Morgan fingerprint density at radius 1 is 1.22 bits per heavy atom. The molecule has 1 saturated carbocycles. The van der Waals surface area contributed by atoms with Crippen molar-refractivity contribution in [1.29, 1.82) is 0 Å². The van der Waals surface area contributed by atoms with Gasteiger partial charge in [0.15, 0.2) is 0 Å². The van der Waals surface area contributed by atoms with E-state index in [0.717, 1.165) is 12.8 Å². The molecule has 0 saturated heterocycles. The van der Waals surface area contributed by atoms with Crippen LogP contribution in [-0.4, -0.2) is 37.6 Å². The fourth-order valence-corrected chi connectivity index (χ4v) is 3.38. The van der Waals surface area contributed by atoms with Crippen LogP contribution in [0.2, 0.25) is 0 Å². The van der Waals surface area contributed by atoms with Crippen LogP contribution < -0.4 is 4.72 Å². The van der Waals surface area contributed by atoms with Gasteiger partial charge in [-0.1, -0.05) is 12.8 Å². The third-order valence-corrected chi connectivity index (χ3v) is 4.42. The third-order valence-electron chi connectivity index (χ3n) is 2.93. The molecule has 2 N–H and O–H groups in total. The molecule has 0 aromatic carbocycles. The maximum absolute atomic E-state index is 11.9. The van der Waals surface area contributed by atoms with Gasteiger partial charge in [0.25, 0.3) is 0 Å². The van der Waals surface area contributed by atoms with Crippen molar-refractivity contribution in [3.05, 3.63) is 0 Å². The first kappa shape index (κ1) is 15.7. The second kappa shape index (κ2) is 6.21. The maximum atomic E-state index is 11.9. The first-order valence-electron chi connectivity index (χ1n) is 5.94. The standard InChI is InChI=1S/C10H18F3NO3S/c11-10(12,13)6-3-7-18(16,17)14-8-4-1-2-5-9(8)15/h8-9,14-15H,1-7H2/t8-,9-/m0/s1. The Balaban J connectivity index is 2.39. The van der Waals surface area contributed by atoms with Crippen LogP contribution in [-0.2, 0) is 10.0 Å². The van der Waals surface area contributed by atoms with Gasteiger partial charge >= 0.3 is 6.18 Å². The summed E-state index contributed by atoms with van der Waals surface area (Å²) >= 11 is 0. The number of aliphatic hydroxyl groups is 1. The summed E-state index contributed by atoms with van der Waals surface area (Å²) in [4.78, 5) is 0. The maximum Gasteiger partial charge on any atom is 0.389 e. The summed E-state index contributed by atoms with van der Waals surface area (Å²) in [6, 6.07) is -0.561. The highest BCUT2D eigenvalue weighted by atomic mass is 32.2. The van der Waals surface area contributed by atoms with Gasteiger partial charge in [0, 0.05) is 12.5 Å². The van der Waals surface area contributed by atoms with Crippen molar-refractivity contribution in [1.82, 2.24) is 4.72 Å². The molecule has 18 heavy (non-hydrogen) atoms. The van der Waals surface area contributed by atoms with Crippen molar-refractivity contribution in [2.75, 3.05) is 5.75 Å². The van der Waals surface area contributed by atoms with Gasteiger partial charge in [-0.15, -0.1) is 0 Å². The highest BCUT2D eigenvalue weighted by molar-refractivity contribution is 7.89. The Hall–Kier alpha value is -0.340. The molecule has 1 aliphatic carbocycles. The van der Waals surface area contributed by atoms with Crippen LogP contribution in [0.3, 0.4) is 0 Å². The first-order valence-corrected chi connectivity index (χ1v) is 7.60. The van der Waals surface area contributed by atoms with E-state index in [4.69, 9.17) is 0 Å². The molecular formula is C10H18F3NO3S. The van der Waals surface area contributed by atoms with E-state index in [1.807, 2.05) is 0 Å². The Morgan fingerprint density at radius 2 is 1.83 bits per heavy atom. The molecule has 0 aromatic rings. The van der Waals surface area contributed by atoms with Crippen LogP contribution in [0, 0.1) is 0 Å². The number of alkyl halides is 3. The van der Waals surface area contributed by atoms with Gasteiger partial charge in [0.05, 0.1) is 11.9 Å².